The Bertz CT molecular complexity index is 308. The number of hydrogen-bond donors (Lipinski definition) is 1. The van der Waals surface area contributed by atoms with Crippen LogP contribution >= 0.6 is 12.2 Å². The average Bonchev–Trinajstić information content (AvgIpc) is 2.91. The minimum absolute atomic E-state index is 0.0559. The second kappa shape index (κ2) is 4.39. The molecule has 2 N–H and O–H groups in total. The summed E-state index contributed by atoms with van der Waals surface area (Å²) in [6.07, 6.45) is 0.153. The lowest BCUT2D eigenvalue weighted by molar-refractivity contribution is -0.148. The molecule has 0 amide bonds. The Morgan fingerprint density at radius 3 is 2.29 bits per heavy atom. The molecule has 0 heterocycles. The lowest BCUT2D eigenvalue weighted by atomic mass is 10.0. The maximum Gasteiger partial charge on any atom is 0.401 e. The molecule has 0 unspecified atom stereocenters. The molecule has 2 fully saturated rings. The van der Waals surface area contributed by atoms with Crippen molar-refractivity contribution in [2.24, 2.45) is 11.1 Å². The van der Waals surface area contributed by atoms with Crippen molar-refractivity contribution in [1.29, 1.82) is 0 Å². The van der Waals surface area contributed by atoms with Crippen molar-refractivity contribution in [2.45, 2.75) is 44.3 Å². The molecule has 2 rings (SSSR count). The highest BCUT2D eigenvalue weighted by Crippen LogP contribution is 2.50. The van der Waals surface area contributed by atoms with E-state index >= 15 is 0 Å². The molecule has 98 valence electrons. The van der Waals surface area contributed by atoms with Crippen molar-refractivity contribution in [3.05, 3.63) is 0 Å². The van der Waals surface area contributed by atoms with Crippen LogP contribution in [0.5, 0.6) is 0 Å². The highest BCUT2D eigenvalue weighted by Gasteiger charge is 2.48. The fourth-order valence-electron chi connectivity index (χ4n) is 2.35. The third kappa shape index (κ3) is 4.10. The van der Waals surface area contributed by atoms with E-state index in [-0.39, 0.29) is 11.5 Å². The number of thiocarbonyl (C=S) groups is 1. The second-order valence-electron chi connectivity index (χ2n) is 5.39. The van der Waals surface area contributed by atoms with E-state index in [1.807, 2.05) is 0 Å². The first-order chi connectivity index (χ1) is 7.80. The van der Waals surface area contributed by atoms with Gasteiger partial charge in [-0.2, -0.15) is 13.2 Å². The van der Waals surface area contributed by atoms with Gasteiger partial charge < -0.3 is 5.73 Å². The third-order valence-electron chi connectivity index (χ3n) is 3.49. The number of halogens is 3. The van der Waals surface area contributed by atoms with E-state index in [0.717, 1.165) is 25.7 Å². The van der Waals surface area contributed by atoms with Crippen LogP contribution in [0.2, 0.25) is 0 Å². The van der Waals surface area contributed by atoms with Crippen molar-refractivity contribution in [3.63, 3.8) is 0 Å². The van der Waals surface area contributed by atoms with Crippen LogP contribution in [0, 0.1) is 5.41 Å². The zero-order chi connectivity index (χ0) is 12.7. The van der Waals surface area contributed by atoms with Crippen LogP contribution in [-0.4, -0.2) is 35.2 Å². The van der Waals surface area contributed by atoms with Crippen LogP contribution in [0.25, 0.3) is 0 Å². The van der Waals surface area contributed by atoms with Crippen molar-refractivity contribution in [3.8, 4) is 0 Å². The van der Waals surface area contributed by atoms with Crippen LogP contribution in [0.3, 0.4) is 0 Å². The van der Waals surface area contributed by atoms with Crippen molar-refractivity contribution < 1.29 is 13.2 Å². The molecule has 0 aromatic heterocycles. The Balaban J connectivity index is 1.91. The molecule has 0 aromatic rings. The topological polar surface area (TPSA) is 29.3 Å². The number of nitrogens with zero attached hydrogens (tertiary/aromatic N) is 1. The predicted octanol–water partition coefficient (Wildman–Crippen LogP) is 2.47. The minimum atomic E-state index is -4.11. The zero-order valence-corrected chi connectivity index (χ0v) is 10.4. The normalized spacial score (nSPS) is 22.8. The maximum absolute atomic E-state index is 12.5. The summed E-state index contributed by atoms with van der Waals surface area (Å²) in [5.41, 5.74) is 5.45. The van der Waals surface area contributed by atoms with Crippen LogP contribution in [0.4, 0.5) is 13.2 Å². The molecule has 0 atom stereocenters. The molecule has 17 heavy (non-hydrogen) atoms. The van der Waals surface area contributed by atoms with E-state index in [1.54, 1.807) is 4.90 Å². The maximum atomic E-state index is 12.5. The van der Waals surface area contributed by atoms with Gasteiger partial charge in [-0.15, -0.1) is 0 Å². The number of rotatable bonds is 6. The fraction of sp³-hybridized carbons (Fsp3) is 0.909. The average molecular weight is 266 g/mol. The van der Waals surface area contributed by atoms with Crippen LogP contribution in [-0.2, 0) is 0 Å². The molecule has 2 nitrogen and oxygen atoms in total. The molecule has 2 aliphatic rings. The predicted molar refractivity (Wildman–Crippen MR) is 63.7 cm³/mol. The molecule has 2 saturated carbocycles. The van der Waals surface area contributed by atoms with Gasteiger partial charge in [-0.05, 0) is 31.1 Å². The van der Waals surface area contributed by atoms with Gasteiger partial charge in [0, 0.05) is 19.0 Å². The SMILES string of the molecule is NC(=S)CC1(CN(CC(F)(F)F)C2CC2)CC1. The van der Waals surface area contributed by atoms with Gasteiger partial charge in [0.1, 0.15) is 0 Å². The first-order valence-corrected chi connectivity index (χ1v) is 6.30. The van der Waals surface area contributed by atoms with Crippen molar-refractivity contribution >= 4 is 17.2 Å². The lowest BCUT2D eigenvalue weighted by Crippen LogP contribution is -2.40. The molecular formula is C11H17F3N2S. The summed E-state index contributed by atoms with van der Waals surface area (Å²) in [6, 6.07) is 0.125. The monoisotopic (exact) mass is 266 g/mol. The van der Waals surface area contributed by atoms with E-state index in [1.165, 1.54) is 0 Å². The fourth-order valence-corrected chi connectivity index (χ4v) is 2.66. The smallest absolute Gasteiger partial charge is 0.393 e. The lowest BCUT2D eigenvalue weighted by Gasteiger charge is -2.28. The van der Waals surface area contributed by atoms with E-state index < -0.39 is 12.7 Å². The van der Waals surface area contributed by atoms with Gasteiger partial charge in [0.2, 0.25) is 0 Å². The van der Waals surface area contributed by atoms with E-state index in [4.69, 9.17) is 18.0 Å². The van der Waals surface area contributed by atoms with Crippen molar-refractivity contribution in [1.82, 2.24) is 4.90 Å². The largest absolute Gasteiger partial charge is 0.401 e. The van der Waals surface area contributed by atoms with Crippen LogP contribution in [0.1, 0.15) is 32.1 Å². The number of nitrogens with two attached hydrogens (primary N) is 1. The Morgan fingerprint density at radius 2 is 1.94 bits per heavy atom. The standard InChI is InChI=1S/C11H17F3N2S/c12-11(13,14)7-16(8-1-2-8)6-10(3-4-10)5-9(15)17/h8H,1-7H2,(H2,15,17). The Kier molecular flexibility index (Phi) is 3.38. The van der Waals surface area contributed by atoms with Gasteiger partial charge >= 0.3 is 6.18 Å². The highest BCUT2D eigenvalue weighted by atomic mass is 32.1. The van der Waals surface area contributed by atoms with Gasteiger partial charge in [0.15, 0.2) is 0 Å². The van der Waals surface area contributed by atoms with Gasteiger partial charge in [-0.3, -0.25) is 4.90 Å². The summed E-state index contributed by atoms with van der Waals surface area (Å²) in [5, 5.41) is 0. The Labute approximate surface area is 104 Å². The second-order valence-corrected chi connectivity index (χ2v) is 5.92. The molecule has 2 aliphatic carbocycles. The summed E-state index contributed by atoms with van der Waals surface area (Å²) in [7, 11) is 0. The first kappa shape index (κ1) is 13.1. The summed E-state index contributed by atoms with van der Waals surface area (Å²) >= 11 is 4.86. The zero-order valence-electron chi connectivity index (χ0n) is 9.59. The minimum Gasteiger partial charge on any atom is -0.393 e. The quantitative estimate of drug-likeness (QED) is 0.749. The molecule has 0 aliphatic heterocycles. The molecule has 0 aromatic carbocycles. The summed E-state index contributed by atoms with van der Waals surface area (Å²) in [6.45, 7) is -0.300. The molecule has 0 spiro atoms. The number of alkyl halides is 3. The number of hydrogen-bond acceptors (Lipinski definition) is 2. The van der Waals surface area contributed by atoms with E-state index in [9.17, 15) is 13.2 Å². The van der Waals surface area contributed by atoms with Gasteiger partial charge in [0.25, 0.3) is 0 Å². The molecule has 0 bridgehead atoms. The molecule has 0 radical (unpaired) electrons. The molecule has 0 saturated heterocycles. The molecule has 6 heteroatoms. The highest BCUT2D eigenvalue weighted by molar-refractivity contribution is 7.80. The Hall–Kier alpha value is -0.360. The van der Waals surface area contributed by atoms with Gasteiger partial charge in [-0.1, -0.05) is 12.2 Å². The summed E-state index contributed by atoms with van der Waals surface area (Å²) in [4.78, 5) is 2.00. The Morgan fingerprint density at radius 1 is 1.35 bits per heavy atom. The third-order valence-corrected chi connectivity index (χ3v) is 3.63. The van der Waals surface area contributed by atoms with Gasteiger partial charge in [-0.25, -0.2) is 0 Å². The van der Waals surface area contributed by atoms with E-state index in [0.29, 0.717) is 18.0 Å². The summed E-state index contributed by atoms with van der Waals surface area (Å²) < 4.78 is 37.4. The first-order valence-electron chi connectivity index (χ1n) is 5.89. The molecular weight excluding hydrogens is 249 g/mol. The van der Waals surface area contributed by atoms with Gasteiger partial charge in [0.05, 0.1) is 11.5 Å². The van der Waals surface area contributed by atoms with Crippen LogP contribution in [0.15, 0.2) is 0 Å². The summed E-state index contributed by atoms with van der Waals surface area (Å²) in [5.74, 6) is 0. The van der Waals surface area contributed by atoms with Crippen LogP contribution < -0.4 is 5.73 Å². The van der Waals surface area contributed by atoms with E-state index in [2.05, 4.69) is 0 Å². The van der Waals surface area contributed by atoms with Crippen molar-refractivity contribution in [2.75, 3.05) is 13.1 Å².